The highest BCUT2D eigenvalue weighted by atomic mass is 35.5. The molecule has 0 aliphatic heterocycles. The first-order chi connectivity index (χ1) is 13.7. The third kappa shape index (κ3) is 4.43. The summed E-state index contributed by atoms with van der Waals surface area (Å²) in [5.41, 5.74) is 4.20. The number of aromatic amines is 1. The van der Waals surface area contributed by atoms with Crippen LogP contribution in [0.25, 0.3) is 10.9 Å². The maximum Gasteiger partial charge on any atom is 0.224 e. The topological polar surface area (TPSA) is 62.7 Å². The first kappa shape index (κ1) is 18.3. The molecule has 2 aromatic carbocycles. The molecule has 0 atom stereocenters. The Morgan fingerprint density at radius 1 is 1.14 bits per heavy atom. The number of hydrogen-bond acceptors (Lipinski definition) is 2. The molecule has 0 unspecified atom stereocenters. The smallest absolute Gasteiger partial charge is 0.224 e. The standard InChI is InChI=1S/C22H21ClN4O/c23-18-10-8-16(9-11-18)14-27-15-19(13-25-27)26-22(28)7-3-4-17-12-24-21-6-2-1-5-20(17)21/h1-2,5-6,8-13,15,24H,3-4,7,14H2,(H,26,28). The molecule has 0 spiro atoms. The normalized spacial score (nSPS) is 11.0. The van der Waals surface area contributed by atoms with Gasteiger partial charge in [0.2, 0.25) is 5.91 Å². The van der Waals surface area contributed by atoms with Gasteiger partial charge >= 0.3 is 0 Å². The number of carbonyl (C=O) groups excluding carboxylic acids is 1. The Hall–Kier alpha value is -3.05. The lowest BCUT2D eigenvalue weighted by Crippen LogP contribution is -2.11. The van der Waals surface area contributed by atoms with Gasteiger partial charge in [-0.25, -0.2) is 0 Å². The largest absolute Gasteiger partial charge is 0.361 e. The van der Waals surface area contributed by atoms with E-state index in [1.165, 1.54) is 10.9 Å². The highest BCUT2D eigenvalue weighted by Gasteiger charge is 2.07. The number of nitrogens with one attached hydrogen (secondary N) is 2. The van der Waals surface area contributed by atoms with Crippen LogP contribution in [0.4, 0.5) is 5.69 Å². The second kappa shape index (κ2) is 8.31. The van der Waals surface area contributed by atoms with Crippen molar-refractivity contribution in [1.29, 1.82) is 0 Å². The fraction of sp³-hybridized carbons (Fsp3) is 0.182. The van der Waals surface area contributed by atoms with Crippen LogP contribution >= 0.6 is 11.6 Å². The molecular formula is C22H21ClN4O. The van der Waals surface area contributed by atoms with E-state index in [1.54, 1.807) is 10.9 Å². The molecule has 1 amide bonds. The molecule has 0 aliphatic carbocycles. The van der Waals surface area contributed by atoms with Crippen LogP contribution in [-0.4, -0.2) is 20.7 Å². The maximum absolute atomic E-state index is 12.2. The van der Waals surface area contributed by atoms with E-state index in [9.17, 15) is 4.79 Å². The minimum absolute atomic E-state index is 0.00545. The number of benzene rings is 2. The van der Waals surface area contributed by atoms with Crippen molar-refractivity contribution in [3.8, 4) is 0 Å². The molecule has 4 aromatic rings. The number of rotatable bonds is 7. The zero-order valence-electron chi connectivity index (χ0n) is 15.4. The molecule has 5 nitrogen and oxygen atoms in total. The van der Waals surface area contributed by atoms with E-state index in [4.69, 9.17) is 11.6 Å². The number of aromatic nitrogens is 3. The first-order valence-corrected chi connectivity index (χ1v) is 9.67. The van der Waals surface area contributed by atoms with Crippen molar-refractivity contribution < 1.29 is 4.79 Å². The summed E-state index contributed by atoms with van der Waals surface area (Å²) < 4.78 is 1.80. The lowest BCUT2D eigenvalue weighted by Gasteiger charge is -2.03. The van der Waals surface area contributed by atoms with E-state index in [0.29, 0.717) is 23.7 Å². The summed E-state index contributed by atoms with van der Waals surface area (Å²) in [6, 6.07) is 15.9. The Bertz CT molecular complexity index is 1080. The van der Waals surface area contributed by atoms with E-state index in [0.717, 1.165) is 23.9 Å². The molecule has 2 aromatic heterocycles. The van der Waals surface area contributed by atoms with Crippen LogP contribution < -0.4 is 5.32 Å². The number of halogens is 1. The molecule has 4 rings (SSSR count). The summed E-state index contributed by atoms with van der Waals surface area (Å²) >= 11 is 5.91. The Balaban J connectivity index is 1.27. The summed E-state index contributed by atoms with van der Waals surface area (Å²) in [6.45, 7) is 0.633. The quantitative estimate of drug-likeness (QED) is 0.463. The molecule has 0 bridgehead atoms. The fourth-order valence-electron chi connectivity index (χ4n) is 3.29. The van der Waals surface area contributed by atoms with Gasteiger partial charge in [0.15, 0.2) is 0 Å². The van der Waals surface area contributed by atoms with Crippen LogP contribution in [0.3, 0.4) is 0 Å². The molecule has 6 heteroatoms. The van der Waals surface area contributed by atoms with E-state index in [2.05, 4.69) is 27.5 Å². The number of nitrogens with zero attached hydrogens (tertiary/aromatic N) is 2. The van der Waals surface area contributed by atoms with E-state index >= 15 is 0 Å². The van der Waals surface area contributed by atoms with Gasteiger partial charge in [-0.1, -0.05) is 41.9 Å². The van der Waals surface area contributed by atoms with Crippen LogP contribution in [0.2, 0.25) is 5.02 Å². The minimum Gasteiger partial charge on any atom is -0.361 e. The molecule has 142 valence electrons. The summed E-state index contributed by atoms with van der Waals surface area (Å²) in [7, 11) is 0. The highest BCUT2D eigenvalue weighted by molar-refractivity contribution is 6.30. The van der Waals surface area contributed by atoms with E-state index < -0.39 is 0 Å². The van der Waals surface area contributed by atoms with Crippen molar-refractivity contribution in [2.24, 2.45) is 0 Å². The van der Waals surface area contributed by atoms with Crippen LogP contribution in [-0.2, 0) is 17.8 Å². The van der Waals surface area contributed by atoms with Gasteiger partial charge in [-0.05, 0) is 42.2 Å². The van der Waals surface area contributed by atoms with Crippen molar-refractivity contribution in [2.75, 3.05) is 5.32 Å². The first-order valence-electron chi connectivity index (χ1n) is 9.29. The van der Waals surface area contributed by atoms with E-state index in [1.807, 2.05) is 48.8 Å². The van der Waals surface area contributed by atoms with Gasteiger partial charge in [-0.2, -0.15) is 5.10 Å². The van der Waals surface area contributed by atoms with Crippen LogP contribution in [0, 0.1) is 0 Å². The van der Waals surface area contributed by atoms with Gasteiger partial charge < -0.3 is 10.3 Å². The predicted molar refractivity (Wildman–Crippen MR) is 113 cm³/mol. The molecule has 2 heterocycles. The van der Waals surface area contributed by atoms with Gasteiger partial charge in [0.1, 0.15) is 0 Å². The Labute approximate surface area is 168 Å². The zero-order valence-corrected chi connectivity index (χ0v) is 16.1. The SMILES string of the molecule is O=C(CCCc1c[nH]c2ccccc12)Nc1cnn(Cc2ccc(Cl)cc2)c1. The lowest BCUT2D eigenvalue weighted by atomic mass is 10.1. The van der Waals surface area contributed by atoms with Gasteiger partial charge in [0.05, 0.1) is 18.4 Å². The molecule has 2 N–H and O–H groups in total. The molecular weight excluding hydrogens is 372 g/mol. The number of fused-ring (bicyclic) bond motifs is 1. The number of amides is 1. The molecule has 0 saturated heterocycles. The van der Waals surface area contributed by atoms with Gasteiger partial charge in [-0.3, -0.25) is 9.48 Å². The van der Waals surface area contributed by atoms with Crippen molar-refractivity contribution in [1.82, 2.24) is 14.8 Å². The lowest BCUT2D eigenvalue weighted by molar-refractivity contribution is -0.116. The second-order valence-electron chi connectivity index (χ2n) is 6.81. The monoisotopic (exact) mass is 392 g/mol. The predicted octanol–water partition coefficient (Wildman–Crippen LogP) is 5.03. The number of hydrogen-bond donors (Lipinski definition) is 2. The van der Waals surface area contributed by atoms with Gasteiger partial charge in [-0.15, -0.1) is 0 Å². The third-order valence-corrected chi connectivity index (χ3v) is 4.95. The maximum atomic E-state index is 12.2. The molecule has 0 radical (unpaired) electrons. The molecule has 28 heavy (non-hydrogen) atoms. The average Bonchev–Trinajstić information content (AvgIpc) is 3.31. The van der Waals surface area contributed by atoms with Gasteiger partial charge in [0.25, 0.3) is 0 Å². The Morgan fingerprint density at radius 2 is 1.96 bits per heavy atom. The van der Waals surface area contributed by atoms with E-state index in [-0.39, 0.29) is 5.91 Å². The summed E-state index contributed by atoms with van der Waals surface area (Å²) in [5, 5.41) is 9.17. The Kier molecular flexibility index (Phi) is 5.44. The third-order valence-electron chi connectivity index (χ3n) is 4.70. The van der Waals surface area contributed by atoms with Crippen molar-refractivity contribution in [3.05, 3.63) is 83.3 Å². The number of anilines is 1. The number of aryl methyl sites for hydroxylation is 1. The fourth-order valence-corrected chi connectivity index (χ4v) is 3.42. The van der Waals surface area contributed by atoms with Gasteiger partial charge in [0, 0.05) is 34.7 Å². The van der Waals surface area contributed by atoms with Crippen molar-refractivity contribution >= 4 is 34.1 Å². The number of H-pyrrole nitrogens is 1. The second-order valence-corrected chi connectivity index (χ2v) is 7.25. The Morgan fingerprint density at radius 3 is 2.82 bits per heavy atom. The average molecular weight is 393 g/mol. The summed E-state index contributed by atoms with van der Waals surface area (Å²) in [6.07, 6.45) is 7.69. The van der Waals surface area contributed by atoms with Crippen LogP contribution in [0.1, 0.15) is 24.0 Å². The van der Waals surface area contributed by atoms with Crippen molar-refractivity contribution in [2.45, 2.75) is 25.8 Å². The van der Waals surface area contributed by atoms with Crippen molar-refractivity contribution in [3.63, 3.8) is 0 Å². The summed E-state index contributed by atoms with van der Waals surface area (Å²) in [5.74, 6) is 0.00545. The molecule has 0 aliphatic rings. The number of carbonyl (C=O) groups is 1. The number of para-hydroxylation sites is 1. The van der Waals surface area contributed by atoms with Crippen LogP contribution in [0.15, 0.2) is 67.1 Å². The molecule has 0 saturated carbocycles. The highest BCUT2D eigenvalue weighted by Crippen LogP contribution is 2.19. The van der Waals surface area contributed by atoms with Crippen LogP contribution in [0.5, 0.6) is 0 Å². The summed E-state index contributed by atoms with van der Waals surface area (Å²) in [4.78, 5) is 15.5. The molecule has 0 fully saturated rings. The minimum atomic E-state index is 0.00545. The zero-order chi connectivity index (χ0) is 19.3.